The van der Waals surface area contributed by atoms with Crippen molar-refractivity contribution in [1.82, 2.24) is 9.97 Å². The third-order valence-corrected chi connectivity index (χ3v) is 7.57. The van der Waals surface area contributed by atoms with E-state index in [0.29, 0.717) is 11.4 Å². The molecule has 8 nitrogen and oxygen atoms in total. The second kappa shape index (κ2) is 15.1. The summed E-state index contributed by atoms with van der Waals surface area (Å²) in [5.74, 6) is 0. The Morgan fingerprint density at radius 2 is 0.553 bits per heavy atom. The number of benzene rings is 4. The first-order valence-corrected chi connectivity index (χ1v) is 15.3. The van der Waals surface area contributed by atoms with Crippen LogP contribution in [0.4, 0.5) is 32.3 Å². The number of anilines is 4. The number of carbonyl (C=O) groups is 2. The van der Waals surface area contributed by atoms with E-state index in [1.165, 1.54) is 11.1 Å². The summed E-state index contributed by atoms with van der Waals surface area (Å²) in [6, 6.07) is 38.5. The first-order chi connectivity index (χ1) is 23.0. The summed E-state index contributed by atoms with van der Waals surface area (Å²) < 4.78 is 0. The molecule has 0 unspecified atom stereocenters. The van der Waals surface area contributed by atoms with Crippen molar-refractivity contribution < 1.29 is 9.59 Å². The zero-order chi connectivity index (χ0) is 32.3. The summed E-state index contributed by atoms with van der Waals surface area (Å²) in [6.45, 7) is 0. The van der Waals surface area contributed by atoms with E-state index in [4.69, 9.17) is 0 Å². The molecule has 6 rings (SSSR count). The number of aromatic nitrogens is 2. The van der Waals surface area contributed by atoms with Crippen molar-refractivity contribution in [1.29, 1.82) is 0 Å². The van der Waals surface area contributed by atoms with Crippen LogP contribution in [-0.2, 0) is 19.3 Å². The molecule has 2 heterocycles. The Kier molecular flexibility index (Phi) is 9.90. The summed E-state index contributed by atoms with van der Waals surface area (Å²) in [7, 11) is 0. The number of nitrogens with one attached hydrogen (secondary N) is 4. The van der Waals surface area contributed by atoms with Crippen molar-refractivity contribution in [2.75, 3.05) is 21.3 Å². The fraction of sp³-hybridized carbons (Fsp3) is 0.0769. The van der Waals surface area contributed by atoms with Gasteiger partial charge in [-0.15, -0.1) is 0 Å². The highest BCUT2D eigenvalue weighted by atomic mass is 16.2. The Hall–Kier alpha value is -6.28. The summed E-state index contributed by atoms with van der Waals surface area (Å²) >= 11 is 0. The van der Waals surface area contributed by atoms with Crippen LogP contribution in [0.1, 0.15) is 33.4 Å². The van der Waals surface area contributed by atoms with Gasteiger partial charge in [0.15, 0.2) is 0 Å². The van der Waals surface area contributed by atoms with Crippen LogP contribution in [0.3, 0.4) is 0 Å². The number of urea groups is 2. The Morgan fingerprint density at radius 1 is 0.340 bits per heavy atom. The average molecular weight is 619 g/mol. The largest absolute Gasteiger partial charge is 0.323 e. The number of hydrogen-bond acceptors (Lipinski definition) is 4. The van der Waals surface area contributed by atoms with Gasteiger partial charge in [-0.1, -0.05) is 48.5 Å². The van der Waals surface area contributed by atoms with E-state index in [1.807, 2.05) is 121 Å². The van der Waals surface area contributed by atoms with Gasteiger partial charge in [0.25, 0.3) is 0 Å². The molecule has 232 valence electrons. The fourth-order valence-corrected chi connectivity index (χ4v) is 5.12. The zero-order valence-electron chi connectivity index (χ0n) is 25.7. The molecule has 0 bridgehead atoms. The minimum absolute atomic E-state index is 0.301. The van der Waals surface area contributed by atoms with E-state index < -0.39 is 0 Å². The van der Waals surface area contributed by atoms with E-state index in [1.54, 1.807) is 24.8 Å². The van der Waals surface area contributed by atoms with Gasteiger partial charge < -0.3 is 21.3 Å². The highest BCUT2D eigenvalue weighted by Gasteiger charge is 2.06. The van der Waals surface area contributed by atoms with E-state index in [2.05, 4.69) is 31.2 Å². The van der Waals surface area contributed by atoms with Crippen LogP contribution in [-0.4, -0.2) is 22.0 Å². The van der Waals surface area contributed by atoms with Gasteiger partial charge in [0.2, 0.25) is 0 Å². The highest BCUT2D eigenvalue weighted by molar-refractivity contribution is 6.00. The first-order valence-electron chi connectivity index (χ1n) is 15.3. The lowest BCUT2D eigenvalue weighted by Crippen LogP contribution is -2.19. The van der Waals surface area contributed by atoms with Gasteiger partial charge in [0.05, 0.1) is 0 Å². The Bertz CT molecular complexity index is 1750. The molecule has 4 amide bonds. The Morgan fingerprint density at radius 3 is 0.787 bits per heavy atom. The molecule has 6 aromatic rings. The molecule has 0 radical (unpaired) electrons. The molecule has 47 heavy (non-hydrogen) atoms. The number of hydrogen-bond donors (Lipinski definition) is 4. The topological polar surface area (TPSA) is 108 Å². The quantitative estimate of drug-likeness (QED) is 0.123. The minimum atomic E-state index is -0.301. The molecule has 0 aliphatic heterocycles. The van der Waals surface area contributed by atoms with Gasteiger partial charge in [-0.3, -0.25) is 9.97 Å². The molecule has 8 heteroatoms. The molecule has 4 N–H and O–H groups in total. The minimum Gasteiger partial charge on any atom is -0.308 e. The molecule has 0 saturated carbocycles. The predicted molar refractivity (Wildman–Crippen MR) is 188 cm³/mol. The summed E-state index contributed by atoms with van der Waals surface area (Å²) in [5, 5.41) is 11.5. The van der Waals surface area contributed by atoms with Crippen molar-refractivity contribution in [3.8, 4) is 0 Å². The van der Waals surface area contributed by atoms with Crippen LogP contribution in [0.2, 0.25) is 0 Å². The molecule has 0 aliphatic rings. The van der Waals surface area contributed by atoms with Crippen molar-refractivity contribution in [3.05, 3.63) is 179 Å². The van der Waals surface area contributed by atoms with Gasteiger partial charge >= 0.3 is 12.1 Å². The Balaban J connectivity index is 0.935. The van der Waals surface area contributed by atoms with E-state index in [9.17, 15) is 9.59 Å². The number of carbonyl (C=O) groups excluding carboxylic acids is 2. The number of amides is 4. The molecule has 4 aromatic carbocycles. The molecule has 0 saturated heterocycles. The van der Waals surface area contributed by atoms with Gasteiger partial charge in [-0.25, -0.2) is 9.59 Å². The molecule has 2 aromatic heterocycles. The van der Waals surface area contributed by atoms with E-state index >= 15 is 0 Å². The van der Waals surface area contributed by atoms with Gasteiger partial charge in [-0.2, -0.15) is 0 Å². The molecule has 0 aliphatic carbocycles. The van der Waals surface area contributed by atoms with Crippen LogP contribution in [0.25, 0.3) is 0 Å². The molecule has 0 fully saturated rings. The van der Waals surface area contributed by atoms with Crippen LogP contribution >= 0.6 is 0 Å². The summed E-state index contributed by atoms with van der Waals surface area (Å²) in [4.78, 5) is 33.2. The van der Waals surface area contributed by atoms with Crippen LogP contribution < -0.4 is 21.3 Å². The summed E-state index contributed by atoms with van der Waals surface area (Å²) in [6.07, 6.45) is 9.48. The number of rotatable bonds is 10. The molecule has 0 spiro atoms. The monoisotopic (exact) mass is 618 g/mol. The summed E-state index contributed by atoms with van der Waals surface area (Å²) in [5.41, 5.74) is 9.74. The lowest BCUT2D eigenvalue weighted by molar-refractivity contribution is 0.261. The maximum Gasteiger partial charge on any atom is 0.323 e. The van der Waals surface area contributed by atoms with Crippen molar-refractivity contribution in [2.45, 2.75) is 19.3 Å². The third kappa shape index (κ3) is 9.36. The maximum atomic E-state index is 12.6. The van der Waals surface area contributed by atoms with Gasteiger partial charge in [0.1, 0.15) is 0 Å². The van der Waals surface area contributed by atoms with Gasteiger partial charge in [-0.05, 0) is 125 Å². The fourth-order valence-electron chi connectivity index (χ4n) is 5.12. The molecular weight excluding hydrogens is 584 g/mol. The molecular formula is C39H34N6O2. The number of pyridine rings is 2. The average Bonchev–Trinajstić information content (AvgIpc) is 3.09. The van der Waals surface area contributed by atoms with Crippen molar-refractivity contribution >= 4 is 34.8 Å². The predicted octanol–water partition coefficient (Wildman–Crippen LogP) is 8.54. The zero-order valence-corrected chi connectivity index (χ0v) is 25.7. The lowest BCUT2D eigenvalue weighted by Gasteiger charge is -2.10. The highest BCUT2D eigenvalue weighted by Crippen LogP contribution is 2.19. The molecule has 0 atom stereocenters. The normalized spacial score (nSPS) is 10.6. The second-order valence-corrected chi connectivity index (χ2v) is 11.2. The van der Waals surface area contributed by atoms with Crippen LogP contribution in [0.5, 0.6) is 0 Å². The van der Waals surface area contributed by atoms with Crippen molar-refractivity contribution in [2.24, 2.45) is 0 Å². The Labute approximate surface area is 274 Å². The standard InChI is InChI=1S/C39H34N6O2/c46-38(44-36-13-5-30(6-14-36)26-32-17-21-40-22-18-32)42-34-9-1-28(2-10-34)25-29-3-11-35(12-4-29)43-39(47)45-37-15-7-31(8-16-37)27-33-19-23-41-24-20-33/h1-24H,25-27H2,(H2,42,44,46)(H2,43,45,47). The smallest absolute Gasteiger partial charge is 0.308 e. The maximum absolute atomic E-state index is 12.6. The van der Waals surface area contributed by atoms with Gasteiger partial charge in [0, 0.05) is 47.5 Å². The lowest BCUT2D eigenvalue weighted by atomic mass is 10.0. The van der Waals surface area contributed by atoms with E-state index in [0.717, 1.165) is 52.9 Å². The van der Waals surface area contributed by atoms with E-state index in [-0.39, 0.29) is 12.1 Å². The third-order valence-electron chi connectivity index (χ3n) is 7.57. The second-order valence-electron chi connectivity index (χ2n) is 11.2. The number of nitrogens with zero attached hydrogens (tertiary/aromatic N) is 2. The van der Waals surface area contributed by atoms with Crippen molar-refractivity contribution in [3.63, 3.8) is 0 Å². The van der Waals surface area contributed by atoms with Crippen LogP contribution in [0, 0.1) is 0 Å². The van der Waals surface area contributed by atoms with Crippen LogP contribution in [0.15, 0.2) is 146 Å². The SMILES string of the molecule is O=C(Nc1ccc(Cc2ccncc2)cc1)Nc1ccc(Cc2ccc(NC(=O)Nc3ccc(Cc4ccncc4)cc3)cc2)cc1. The first kappa shape index (κ1) is 30.7.